The van der Waals surface area contributed by atoms with Gasteiger partial charge in [-0.25, -0.2) is 0 Å². The molecular weight excluding hydrogens is 1390 g/mol. The first kappa shape index (κ1) is 88.1. The molecule has 0 bridgehead atoms. The van der Waals surface area contributed by atoms with E-state index < -0.39 is 308 Å². The Morgan fingerprint density at radius 3 is 0.913 bits per heavy atom. The van der Waals surface area contributed by atoms with Crippen LogP contribution in [0, 0.1) is 0 Å². The van der Waals surface area contributed by atoms with Crippen LogP contribution in [0.2, 0.25) is 0 Å². The highest BCUT2D eigenvalue weighted by Crippen LogP contribution is 2.22. The molecule has 27 N–H and O–H groups in total. The first-order chi connectivity index (χ1) is 48.4. The van der Waals surface area contributed by atoms with E-state index in [0.717, 1.165) is 27.7 Å². The first-order valence-electron chi connectivity index (χ1n) is 30.7. The molecule has 0 aromatic carbocycles. The molecule has 2 aliphatic heterocycles. The number of aliphatic hydroxyl groups is 7. The van der Waals surface area contributed by atoms with Gasteiger partial charge in [-0.2, -0.15) is 0 Å². The number of aliphatic hydroxyl groups excluding tert-OH is 7. The van der Waals surface area contributed by atoms with Gasteiger partial charge in [0, 0.05) is 20.8 Å². The molecule has 2 aliphatic rings. The standard InChI is InChI=1S/C54H85N19O30/c1-21(66-38(88)13-57-35(85)10-63-50(99)25(69-39(89)14-58-32(82)7-55-22(2)77)5-30(80)72-53-43(67-23(3)78)47(96)45(94)28(19-75)102-53)49(98)62-9-34(84)56-8-33(83)59-16-41(91)71-27(18-74)52(101)65-11-36(86)60-15-40(90)70-26(51(100)64-12-37(87)61-17-42(92)93)6-31(81)73-54-44(68-24(4)79)48(97)46(95)29(20-76)103-54/h21,25-29,43-48,53-54,74-76,94-97H,5-20H2,1-4H3,(H,55,77)(H,56,84)(H,57,85)(H,58,82)(H,59,83)(H,60,86)(H,61,87)(H,62,98)(H,63,99)(H,64,100)(H,65,101)(H,66,88)(H,67,78)(H,68,79)(H,69,89)(H,70,90)(H,71,91)(H,72,80)(H,73,81)(H,92,93)/t21-,25-,26-,27-,28+,29+,43+,44+,45+,46+,47+,48+,53+,54+/m0/s1. The van der Waals surface area contributed by atoms with Crippen molar-refractivity contribution in [2.45, 2.75) is 126 Å². The molecule has 0 aromatic rings. The third-order valence-corrected chi connectivity index (χ3v) is 13.7. The lowest BCUT2D eigenvalue weighted by Crippen LogP contribution is -2.68. The number of aliphatic carboxylic acids is 1. The number of carbonyl (C=O) groups is 20. The third-order valence-electron chi connectivity index (χ3n) is 13.7. The molecule has 49 nitrogen and oxygen atoms in total. The van der Waals surface area contributed by atoms with Crippen molar-refractivity contribution < 1.29 is 146 Å². The SMILES string of the molecule is CC(=O)NCC(=O)NCC(=O)N[C@@H](CC(=O)N[C@@H]1O[C@H](CO)[C@@H](O)[C@H](O)[C@H]1NC(C)=O)C(=O)NCC(=O)NCC(=O)N[C@@H](C)C(=O)NCC(=O)NCC(=O)NCC(=O)N[C@@H](CO)C(=O)NCC(=O)NCC(=O)N[C@@H](CC(=O)N[C@@H]1O[C@H](CO)[C@@H](O)[C@H](O)[C@H]1NC(C)=O)C(=O)NCC(=O)NCC(=O)O. The lowest BCUT2D eigenvalue weighted by Gasteiger charge is -2.42. The zero-order chi connectivity index (χ0) is 77.8. The van der Waals surface area contributed by atoms with Crippen molar-refractivity contribution in [2.24, 2.45) is 0 Å². The van der Waals surface area contributed by atoms with E-state index in [1.54, 1.807) is 0 Å². The monoisotopic (exact) mass is 1480 g/mol. The zero-order valence-corrected chi connectivity index (χ0v) is 55.5. The van der Waals surface area contributed by atoms with Gasteiger partial charge in [-0.3, -0.25) is 95.9 Å². The van der Waals surface area contributed by atoms with Gasteiger partial charge in [0.25, 0.3) is 0 Å². The van der Waals surface area contributed by atoms with E-state index in [0.29, 0.717) is 0 Å². The highest BCUT2D eigenvalue weighted by Gasteiger charge is 2.47. The summed E-state index contributed by atoms with van der Waals surface area (Å²) in [6.07, 6.45) is -15.2. The topological polar surface area (TPSA) is 750 Å². The number of ether oxygens (including phenoxy) is 2. The van der Waals surface area contributed by atoms with Gasteiger partial charge in [0.2, 0.25) is 112 Å². The van der Waals surface area contributed by atoms with Crippen molar-refractivity contribution in [1.29, 1.82) is 0 Å². The molecule has 0 radical (unpaired) electrons. The van der Waals surface area contributed by atoms with Gasteiger partial charge >= 0.3 is 5.97 Å². The molecule has 2 heterocycles. The Balaban J connectivity index is 1.85. The van der Waals surface area contributed by atoms with Crippen LogP contribution in [0.1, 0.15) is 40.5 Å². The maximum Gasteiger partial charge on any atom is 0.322 e. The van der Waals surface area contributed by atoms with Gasteiger partial charge in [-0.05, 0) is 6.92 Å². The van der Waals surface area contributed by atoms with Crippen LogP contribution in [0.4, 0.5) is 0 Å². The highest BCUT2D eigenvalue weighted by molar-refractivity contribution is 5.99. The number of hydrogen-bond acceptors (Lipinski definition) is 29. The Labute approximate surface area is 581 Å². The molecule has 0 aliphatic carbocycles. The Kier molecular flexibility index (Phi) is 38.5. The fourth-order valence-corrected chi connectivity index (χ4v) is 8.62. The Bertz CT molecular complexity index is 3110. The van der Waals surface area contributed by atoms with Crippen LogP contribution in [-0.2, 0) is 105 Å². The summed E-state index contributed by atoms with van der Waals surface area (Å²) in [6.45, 7) is -7.52. The number of hydrogen-bond donors (Lipinski definition) is 27. The number of nitrogens with one attached hydrogen (secondary N) is 19. The minimum atomic E-state index is -1.89. The third kappa shape index (κ3) is 33.8. The fraction of sp³-hybridized carbons (Fsp3) is 0.630. The largest absolute Gasteiger partial charge is 0.480 e. The summed E-state index contributed by atoms with van der Waals surface area (Å²) in [5, 5.41) is 120. The van der Waals surface area contributed by atoms with Crippen LogP contribution in [0.25, 0.3) is 0 Å². The van der Waals surface area contributed by atoms with Crippen molar-refractivity contribution in [3.8, 4) is 0 Å². The smallest absolute Gasteiger partial charge is 0.322 e. The van der Waals surface area contributed by atoms with E-state index >= 15 is 0 Å². The molecule has 0 saturated carbocycles. The quantitative estimate of drug-likeness (QED) is 0.0270. The summed E-state index contributed by atoms with van der Waals surface area (Å²) in [7, 11) is 0. The van der Waals surface area contributed by atoms with Gasteiger partial charge in [0.15, 0.2) is 12.5 Å². The fourth-order valence-electron chi connectivity index (χ4n) is 8.62. The van der Waals surface area contributed by atoms with Gasteiger partial charge < -0.3 is 151 Å². The van der Waals surface area contributed by atoms with E-state index in [2.05, 4.69) is 85.1 Å². The number of carboxylic acids is 1. The maximum absolute atomic E-state index is 13.3. The van der Waals surface area contributed by atoms with E-state index in [1.807, 2.05) is 16.0 Å². The van der Waals surface area contributed by atoms with Crippen molar-refractivity contribution in [2.75, 3.05) is 91.8 Å². The summed E-state index contributed by atoms with van der Waals surface area (Å²) >= 11 is 0. The molecule has 49 heteroatoms. The van der Waals surface area contributed by atoms with Crippen LogP contribution < -0.4 is 101 Å². The van der Waals surface area contributed by atoms with Gasteiger partial charge in [0.05, 0.1) is 98.1 Å². The molecule has 0 unspecified atom stereocenters. The highest BCUT2D eigenvalue weighted by atomic mass is 16.5. The van der Waals surface area contributed by atoms with Gasteiger partial charge in [-0.1, -0.05) is 0 Å². The summed E-state index contributed by atoms with van der Waals surface area (Å²) in [5.41, 5.74) is 0. The lowest BCUT2D eigenvalue weighted by molar-refractivity contribution is -0.203. The average Bonchev–Trinajstić information content (AvgIpc) is 0.809. The summed E-state index contributed by atoms with van der Waals surface area (Å²) in [6, 6.07) is -9.87. The average molecular weight is 1480 g/mol. The number of carbonyl (C=O) groups excluding carboxylic acids is 19. The molecule has 0 aromatic heterocycles. The Morgan fingerprint density at radius 1 is 0.320 bits per heavy atom. The zero-order valence-electron chi connectivity index (χ0n) is 55.5. The second kappa shape index (κ2) is 45.0. The predicted octanol–water partition coefficient (Wildman–Crippen LogP) is -19.8. The van der Waals surface area contributed by atoms with Gasteiger partial charge in [-0.15, -0.1) is 0 Å². The minimum absolute atomic E-state index is 0.532. The summed E-state index contributed by atoms with van der Waals surface area (Å²) < 4.78 is 10.9. The molecule has 2 rings (SSSR count). The van der Waals surface area contributed by atoms with Crippen LogP contribution in [0.3, 0.4) is 0 Å². The van der Waals surface area contributed by atoms with Crippen molar-refractivity contribution in [3.63, 3.8) is 0 Å². The van der Waals surface area contributed by atoms with Crippen LogP contribution in [-0.4, -0.2) is 336 Å². The Hall–Kier alpha value is -11.0. The molecule has 103 heavy (non-hydrogen) atoms. The summed E-state index contributed by atoms with van der Waals surface area (Å²) in [4.78, 5) is 249. The van der Waals surface area contributed by atoms with Crippen LogP contribution >= 0.6 is 0 Å². The number of rotatable bonds is 41. The minimum Gasteiger partial charge on any atom is -0.480 e. The maximum atomic E-state index is 13.3. The normalized spacial score (nSPS) is 20.6. The van der Waals surface area contributed by atoms with Crippen molar-refractivity contribution >= 4 is 118 Å². The molecule has 14 atom stereocenters. The predicted molar refractivity (Wildman–Crippen MR) is 333 cm³/mol. The molecule has 0 spiro atoms. The van der Waals surface area contributed by atoms with E-state index in [1.165, 1.54) is 0 Å². The first-order valence-corrected chi connectivity index (χ1v) is 30.7. The molecule has 2 fully saturated rings. The number of carboxylic acid groups (broad SMARTS) is 1. The van der Waals surface area contributed by atoms with E-state index in [4.69, 9.17) is 14.6 Å². The molecule has 2 saturated heterocycles. The Morgan fingerprint density at radius 2 is 0.602 bits per heavy atom. The second-order valence-electron chi connectivity index (χ2n) is 22.2. The molecular formula is C54H85N19O30. The van der Waals surface area contributed by atoms with Crippen molar-refractivity contribution in [1.82, 2.24) is 101 Å². The summed E-state index contributed by atoms with van der Waals surface area (Å²) in [5.74, 6) is -20.6. The van der Waals surface area contributed by atoms with Crippen LogP contribution in [0.15, 0.2) is 0 Å². The number of amides is 19. The van der Waals surface area contributed by atoms with Crippen molar-refractivity contribution in [3.05, 3.63) is 0 Å². The van der Waals surface area contributed by atoms with E-state index in [9.17, 15) is 132 Å². The molecule has 576 valence electrons. The van der Waals surface area contributed by atoms with E-state index in [-0.39, 0.29) is 0 Å². The lowest BCUT2D eigenvalue weighted by atomic mass is 9.95. The second-order valence-corrected chi connectivity index (χ2v) is 22.2. The van der Waals surface area contributed by atoms with Gasteiger partial charge in [0.1, 0.15) is 79.4 Å². The molecule has 19 amide bonds. The van der Waals surface area contributed by atoms with Crippen LogP contribution in [0.5, 0.6) is 0 Å².